The maximum Gasteiger partial charge on any atom is 0.337 e. The summed E-state index contributed by atoms with van der Waals surface area (Å²) in [7, 11) is 0. The van der Waals surface area contributed by atoms with Crippen molar-refractivity contribution < 1.29 is 9.90 Å². The van der Waals surface area contributed by atoms with Crippen molar-refractivity contribution in [3.63, 3.8) is 0 Å². The van der Waals surface area contributed by atoms with Crippen molar-refractivity contribution in [1.82, 2.24) is 9.97 Å². The molecule has 0 unspecified atom stereocenters. The monoisotopic (exact) mass is 322 g/mol. The fourth-order valence-electron chi connectivity index (χ4n) is 1.79. The summed E-state index contributed by atoms with van der Waals surface area (Å²) in [5.74, 6) is -0.197. The van der Waals surface area contributed by atoms with Gasteiger partial charge in [0, 0.05) is 21.6 Å². The Labute approximate surface area is 130 Å². The Morgan fingerprint density at radius 1 is 1.38 bits per heavy atom. The van der Waals surface area contributed by atoms with Crippen molar-refractivity contribution >= 4 is 29.5 Å². The van der Waals surface area contributed by atoms with Crippen LogP contribution in [0.4, 0.5) is 0 Å². The molecule has 21 heavy (non-hydrogen) atoms. The number of benzene rings is 1. The zero-order chi connectivity index (χ0) is 15.4. The number of carbonyl (C=O) groups is 1. The van der Waals surface area contributed by atoms with Crippen LogP contribution in [0.1, 0.15) is 23.0 Å². The van der Waals surface area contributed by atoms with E-state index in [0.717, 1.165) is 17.5 Å². The molecule has 2 N–H and O–H groups in total. The summed E-state index contributed by atoms with van der Waals surface area (Å²) in [6.07, 6.45) is 0. The molecule has 0 fully saturated rings. The molecule has 0 saturated heterocycles. The lowest BCUT2D eigenvalue weighted by atomic mass is 10.2. The molecule has 7 heteroatoms. The fraction of sp³-hybridized carbons (Fsp3) is 0.214. The minimum absolute atomic E-state index is 0.249. The molecule has 1 aromatic carbocycles. The minimum atomic E-state index is -0.982. The number of H-pyrrole nitrogens is 1. The van der Waals surface area contributed by atoms with E-state index >= 15 is 0 Å². The number of hydrogen-bond donors (Lipinski definition) is 2. The predicted octanol–water partition coefficient (Wildman–Crippen LogP) is 3.04. The number of thioether (sulfide) groups is 1. The highest BCUT2D eigenvalue weighted by molar-refractivity contribution is 8.00. The molecule has 5 nitrogen and oxygen atoms in total. The number of aromatic carboxylic acids is 1. The Morgan fingerprint density at radius 3 is 2.71 bits per heavy atom. The van der Waals surface area contributed by atoms with E-state index in [1.54, 1.807) is 25.1 Å². The van der Waals surface area contributed by atoms with Gasteiger partial charge < -0.3 is 10.1 Å². The van der Waals surface area contributed by atoms with Crippen molar-refractivity contribution in [3.05, 3.63) is 45.9 Å². The topological polar surface area (TPSA) is 83.0 Å². The zero-order valence-electron chi connectivity index (χ0n) is 11.5. The van der Waals surface area contributed by atoms with Crippen molar-refractivity contribution in [2.45, 2.75) is 28.8 Å². The van der Waals surface area contributed by atoms with Crippen molar-refractivity contribution in [1.29, 1.82) is 0 Å². The fourth-order valence-corrected chi connectivity index (χ4v) is 3.67. The summed E-state index contributed by atoms with van der Waals surface area (Å²) < 4.78 is 0. The summed E-state index contributed by atoms with van der Waals surface area (Å²) in [5, 5.41) is 9.83. The average molecular weight is 322 g/mol. The summed E-state index contributed by atoms with van der Waals surface area (Å²) in [6, 6.07) is 6.70. The first-order valence-corrected chi connectivity index (χ1v) is 8.06. The standard InChI is InChI=1S/C14H14N2O3S2/c1-3-20-9-5-4-6-10(12(9)13(18)19)21-14-15-8(2)7-11(17)16-14/h4-7H,3H2,1-2H3,(H,18,19)(H,15,16,17). The van der Waals surface area contributed by atoms with Gasteiger partial charge in [0.1, 0.15) is 0 Å². The molecule has 0 aliphatic heterocycles. The number of rotatable bonds is 5. The van der Waals surface area contributed by atoms with Gasteiger partial charge in [-0.3, -0.25) is 4.79 Å². The molecule has 2 aromatic rings. The third kappa shape index (κ3) is 3.89. The van der Waals surface area contributed by atoms with Crippen LogP contribution in [0.25, 0.3) is 0 Å². The van der Waals surface area contributed by atoms with Gasteiger partial charge in [-0.25, -0.2) is 9.78 Å². The molecule has 0 saturated carbocycles. The first-order chi connectivity index (χ1) is 10.0. The van der Waals surface area contributed by atoms with E-state index < -0.39 is 5.97 Å². The molecule has 0 radical (unpaired) electrons. The highest BCUT2D eigenvalue weighted by atomic mass is 32.2. The van der Waals surface area contributed by atoms with Gasteiger partial charge in [0.15, 0.2) is 5.16 Å². The SMILES string of the molecule is CCSc1cccc(Sc2nc(C)cc(=O)[nH]2)c1C(=O)O. The lowest BCUT2D eigenvalue weighted by Crippen LogP contribution is -2.08. The molecule has 110 valence electrons. The number of carboxylic acid groups (broad SMARTS) is 1. The number of hydrogen-bond acceptors (Lipinski definition) is 5. The van der Waals surface area contributed by atoms with Gasteiger partial charge >= 0.3 is 5.97 Å². The number of aromatic nitrogens is 2. The molecule has 2 rings (SSSR count). The van der Waals surface area contributed by atoms with E-state index in [4.69, 9.17) is 0 Å². The van der Waals surface area contributed by atoms with Crippen LogP contribution in [-0.2, 0) is 0 Å². The molecule has 0 bridgehead atoms. The maximum atomic E-state index is 11.5. The van der Waals surface area contributed by atoms with Crippen molar-refractivity contribution in [3.8, 4) is 0 Å². The second-order valence-corrected chi connectivity index (χ2v) is 6.50. The van der Waals surface area contributed by atoms with Gasteiger partial charge in [0.25, 0.3) is 5.56 Å². The molecule has 1 aromatic heterocycles. The Kier molecular flexibility index (Phi) is 5.08. The van der Waals surface area contributed by atoms with E-state index in [-0.39, 0.29) is 11.1 Å². The smallest absolute Gasteiger partial charge is 0.337 e. The first kappa shape index (κ1) is 15.7. The Hall–Kier alpha value is -1.73. The second kappa shape index (κ2) is 6.82. The summed E-state index contributed by atoms with van der Waals surface area (Å²) in [5.41, 5.74) is 0.594. The van der Waals surface area contributed by atoms with E-state index in [1.807, 2.05) is 6.92 Å². The molecule has 0 aliphatic carbocycles. The molecule has 0 amide bonds. The minimum Gasteiger partial charge on any atom is -0.478 e. The van der Waals surface area contributed by atoms with Gasteiger partial charge in [-0.05, 0) is 24.8 Å². The average Bonchev–Trinajstić information content (AvgIpc) is 2.37. The summed E-state index contributed by atoms with van der Waals surface area (Å²) in [4.78, 5) is 31.1. The molecular weight excluding hydrogens is 308 g/mol. The zero-order valence-corrected chi connectivity index (χ0v) is 13.2. The van der Waals surface area contributed by atoms with Gasteiger partial charge in [-0.2, -0.15) is 0 Å². The molecule has 1 heterocycles. The van der Waals surface area contributed by atoms with Crippen LogP contribution >= 0.6 is 23.5 Å². The van der Waals surface area contributed by atoms with Gasteiger partial charge in [0.2, 0.25) is 0 Å². The number of aryl methyl sites for hydroxylation is 1. The predicted molar refractivity (Wildman–Crippen MR) is 83.5 cm³/mol. The highest BCUT2D eigenvalue weighted by Gasteiger charge is 2.17. The largest absolute Gasteiger partial charge is 0.478 e. The Bertz CT molecular complexity index is 728. The van der Waals surface area contributed by atoms with Crippen LogP contribution in [0.2, 0.25) is 0 Å². The quantitative estimate of drug-likeness (QED) is 0.650. The highest BCUT2D eigenvalue weighted by Crippen LogP contribution is 2.33. The van der Waals surface area contributed by atoms with Crippen LogP contribution in [-0.4, -0.2) is 26.8 Å². The maximum absolute atomic E-state index is 11.5. The number of nitrogens with zero attached hydrogens (tertiary/aromatic N) is 1. The van der Waals surface area contributed by atoms with Gasteiger partial charge in [0.05, 0.1) is 5.56 Å². The van der Waals surface area contributed by atoms with Crippen molar-refractivity contribution in [2.24, 2.45) is 0 Å². The lowest BCUT2D eigenvalue weighted by Gasteiger charge is -2.10. The summed E-state index contributed by atoms with van der Waals surface area (Å²) >= 11 is 2.62. The van der Waals surface area contributed by atoms with Crippen LogP contribution < -0.4 is 5.56 Å². The lowest BCUT2D eigenvalue weighted by molar-refractivity contribution is 0.0689. The van der Waals surface area contributed by atoms with E-state index in [0.29, 0.717) is 20.6 Å². The normalized spacial score (nSPS) is 10.6. The van der Waals surface area contributed by atoms with Gasteiger partial charge in [-0.15, -0.1) is 11.8 Å². The first-order valence-electron chi connectivity index (χ1n) is 6.26. The number of carboxylic acids is 1. The van der Waals surface area contributed by atoms with Crippen LogP contribution in [0.15, 0.2) is 44.0 Å². The molecular formula is C14H14N2O3S2. The third-order valence-corrected chi connectivity index (χ3v) is 4.44. The number of nitrogens with one attached hydrogen (secondary N) is 1. The van der Waals surface area contributed by atoms with Crippen molar-refractivity contribution in [2.75, 3.05) is 5.75 Å². The molecule has 0 atom stereocenters. The van der Waals surface area contributed by atoms with Crippen LogP contribution in [0.5, 0.6) is 0 Å². The van der Waals surface area contributed by atoms with Crippen LogP contribution in [0, 0.1) is 6.92 Å². The second-order valence-electron chi connectivity index (χ2n) is 4.16. The third-order valence-electron chi connectivity index (χ3n) is 2.56. The van der Waals surface area contributed by atoms with E-state index in [1.165, 1.54) is 17.8 Å². The van der Waals surface area contributed by atoms with Crippen LogP contribution in [0.3, 0.4) is 0 Å². The Morgan fingerprint density at radius 2 is 2.10 bits per heavy atom. The summed E-state index contributed by atoms with van der Waals surface area (Å²) in [6.45, 7) is 3.69. The van der Waals surface area contributed by atoms with E-state index in [2.05, 4.69) is 9.97 Å². The van der Waals surface area contributed by atoms with E-state index in [9.17, 15) is 14.7 Å². The molecule has 0 spiro atoms. The molecule has 0 aliphatic rings. The van der Waals surface area contributed by atoms with Gasteiger partial charge in [-0.1, -0.05) is 24.8 Å². The Balaban J connectivity index is 2.46. The number of aromatic amines is 1.